The number of hydrogen-bond donors (Lipinski definition) is 3. The number of carbonyl (C=O) groups is 1. The van der Waals surface area contributed by atoms with E-state index in [0.29, 0.717) is 12.0 Å². The van der Waals surface area contributed by atoms with Crippen molar-refractivity contribution in [1.29, 1.82) is 0 Å². The lowest BCUT2D eigenvalue weighted by atomic mass is 9.97. The predicted octanol–water partition coefficient (Wildman–Crippen LogP) is 1.71. The van der Waals surface area contributed by atoms with E-state index in [1.165, 1.54) is 19.4 Å². The highest BCUT2D eigenvalue weighted by atomic mass is 16.3. The summed E-state index contributed by atoms with van der Waals surface area (Å²) in [5.74, 6) is 0.542. The first-order valence-electron chi connectivity index (χ1n) is 8.45. The first kappa shape index (κ1) is 16.6. The highest BCUT2D eigenvalue weighted by Gasteiger charge is 2.34. The minimum absolute atomic E-state index is 0.0466. The van der Waals surface area contributed by atoms with Crippen LogP contribution in [-0.2, 0) is 0 Å². The normalized spacial score (nSPS) is 26.0. The predicted molar refractivity (Wildman–Crippen MR) is 84.3 cm³/mol. The molecule has 0 bridgehead atoms. The van der Waals surface area contributed by atoms with Crippen LogP contribution in [0, 0.1) is 5.92 Å². The van der Waals surface area contributed by atoms with Crippen LogP contribution >= 0.6 is 0 Å². The van der Waals surface area contributed by atoms with E-state index in [1.54, 1.807) is 0 Å². The number of amides is 2. The number of carbonyl (C=O) groups excluding carboxylic acids is 1. The van der Waals surface area contributed by atoms with Crippen molar-refractivity contribution in [2.45, 2.75) is 64.0 Å². The molecule has 21 heavy (non-hydrogen) atoms. The molecular weight excluding hydrogens is 266 g/mol. The molecule has 1 aliphatic carbocycles. The summed E-state index contributed by atoms with van der Waals surface area (Å²) < 4.78 is 0. The molecule has 1 saturated heterocycles. The Morgan fingerprint density at radius 3 is 2.67 bits per heavy atom. The minimum atomic E-state index is -0.374. The van der Waals surface area contributed by atoms with Gasteiger partial charge in [0, 0.05) is 19.1 Å². The molecule has 2 rings (SSSR count). The van der Waals surface area contributed by atoms with Gasteiger partial charge in [-0.15, -0.1) is 0 Å². The van der Waals surface area contributed by atoms with Crippen molar-refractivity contribution in [3.8, 4) is 0 Å². The number of likely N-dealkylation sites (tertiary alicyclic amines) is 1. The second kappa shape index (κ2) is 7.45. The van der Waals surface area contributed by atoms with E-state index >= 15 is 0 Å². The topological polar surface area (TPSA) is 64.6 Å². The van der Waals surface area contributed by atoms with Crippen LogP contribution in [0.25, 0.3) is 0 Å². The molecule has 0 spiro atoms. The first-order chi connectivity index (χ1) is 10.0. The van der Waals surface area contributed by atoms with Crippen LogP contribution in [-0.4, -0.2) is 53.9 Å². The van der Waals surface area contributed by atoms with Gasteiger partial charge in [0.1, 0.15) is 0 Å². The zero-order valence-corrected chi connectivity index (χ0v) is 13.5. The van der Waals surface area contributed by atoms with Gasteiger partial charge in [-0.1, -0.05) is 12.8 Å². The lowest BCUT2D eigenvalue weighted by molar-refractivity contribution is 0.136. The molecule has 5 nitrogen and oxygen atoms in total. The molecule has 1 unspecified atom stereocenters. The highest BCUT2D eigenvalue weighted by Crippen LogP contribution is 2.28. The van der Waals surface area contributed by atoms with Gasteiger partial charge in [0.2, 0.25) is 0 Å². The smallest absolute Gasteiger partial charge is 0.315 e. The largest absolute Gasteiger partial charge is 0.394 e. The van der Waals surface area contributed by atoms with E-state index in [2.05, 4.69) is 29.4 Å². The quantitative estimate of drug-likeness (QED) is 0.724. The van der Waals surface area contributed by atoms with E-state index in [4.69, 9.17) is 0 Å². The summed E-state index contributed by atoms with van der Waals surface area (Å²) in [5.41, 5.74) is -0.374. The van der Waals surface area contributed by atoms with E-state index in [9.17, 15) is 9.90 Å². The number of rotatable bonds is 5. The zero-order valence-electron chi connectivity index (χ0n) is 13.5. The average Bonchev–Trinajstić information content (AvgIpc) is 2.94. The van der Waals surface area contributed by atoms with Gasteiger partial charge in [-0.25, -0.2) is 4.79 Å². The standard InChI is InChI=1S/C16H31N3O2/c1-13(2)19-9-5-6-14(11-19)10-17-15(21)18-16(12-20)7-3-4-8-16/h13-14,20H,3-12H2,1-2H3,(H2,17,18,21). The van der Waals surface area contributed by atoms with Gasteiger partial charge in [0.15, 0.2) is 0 Å². The summed E-state index contributed by atoms with van der Waals surface area (Å²) in [6.45, 7) is 7.49. The molecule has 5 heteroatoms. The number of aliphatic hydroxyl groups is 1. The fourth-order valence-corrected chi connectivity index (χ4v) is 3.63. The van der Waals surface area contributed by atoms with Gasteiger partial charge < -0.3 is 20.6 Å². The van der Waals surface area contributed by atoms with Gasteiger partial charge in [-0.05, 0) is 52.0 Å². The van der Waals surface area contributed by atoms with E-state index in [0.717, 1.165) is 38.8 Å². The van der Waals surface area contributed by atoms with Crippen LogP contribution in [0.5, 0.6) is 0 Å². The Morgan fingerprint density at radius 2 is 2.05 bits per heavy atom. The molecule has 2 amide bonds. The Kier molecular flexibility index (Phi) is 5.88. The van der Waals surface area contributed by atoms with Gasteiger partial charge in [-0.3, -0.25) is 0 Å². The summed E-state index contributed by atoms with van der Waals surface area (Å²) in [7, 11) is 0. The maximum Gasteiger partial charge on any atom is 0.315 e. The molecule has 0 aromatic rings. The molecule has 0 aromatic carbocycles. The van der Waals surface area contributed by atoms with Gasteiger partial charge >= 0.3 is 6.03 Å². The maximum absolute atomic E-state index is 12.1. The Balaban J connectivity index is 1.73. The Bertz CT molecular complexity index is 340. The Morgan fingerprint density at radius 1 is 1.33 bits per heavy atom. The van der Waals surface area contributed by atoms with E-state index in [1.807, 2.05) is 0 Å². The summed E-state index contributed by atoms with van der Waals surface area (Å²) in [4.78, 5) is 14.6. The molecule has 1 heterocycles. The molecule has 1 atom stereocenters. The molecule has 1 saturated carbocycles. The molecule has 2 aliphatic rings. The number of nitrogens with one attached hydrogen (secondary N) is 2. The van der Waals surface area contributed by atoms with Crippen LogP contribution in [0.15, 0.2) is 0 Å². The number of aliphatic hydroxyl groups excluding tert-OH is 1. The molecule has 0 aromatic heterocycles. The Labute approximate surface area is 128 Å². The van der Waals surface area contributed by atoms with Crippen molar-refractivity contribution in [1.82, 2.24) is 15.5 Å². The highest BCUT2D eigenvalue weighted by molar-refractivity contribution is 5.74. The number of nitrogens with zero attached hydrogens (tertiary/aromatic N) is 1. The monoisotopic (exact) mass is 297 g/mol. The lowest BCUT2D eigenvalue weighted by Gasteiger charge is -2.35. The van der Waals surface area contributed by atoms with E-state index < -0.39 is 0 Å². The molecule has 1 aliphatic heterocycles. The molecule has 122 valence electrons. The summed E-state index contributed by atoms with van der Waals surface area (Å²) in [6, 6.07) is 0.463. The van der Waals surface area contributed by atoms with Crippen LogP contribution in [0.1, 0.15) is 52.4 Å². The van der Waals surface area contributed by atoms with Gasteiger partial charge in [0.25, 0.3) is 0 Å². The van der Waals surface area contributed by atoms with Crippen molar-refractivity contribution < 1.29 is 9.90 Å². The van der Waals surface area contributed by atoms with Gasteiger partial charge in [0.05, 0.1) is 12.1 Å². The maximum atomic E-state index is 12.1. The first-order valence-corrected chi connectivity index (χ1v) is 8.45. The SMILES string of the molecule is CC(C)N1CCCC(CNC(=O)NC2(CO)CCCC2)C1. The van der Waals surface area contributed by atoms with Crippen molar-refractivity contribution in [2.24, 2.45) is 5.92 Å². The molecule has 3 N–H and O–H groups in total. The van der Waals surface area contributed by atoms with Crippen molar-refractivity contribution in [2.75, 3.05) is 26.2 Å². The third kappa shape index (κ3) is 4.58. The Hall–Kier alpha value is -0.810. The van der Waals surface area contributed by atoms with Crippen LogP contribution < -0.4 is 10.6 Å². The molecule has 2 fully saturated rings. The number of piperidine rings is 1. The summed E-state index contributed by atoms with van der Waals surface area (Å²) in [6.07, 6.45) is 6.37. The fraction of sp³-hybridized carbons (Fsp3) is 0.938. The van der Waals surface area contributed by atoms with Crippen molar-refractivity contribution in [3.05, 3.63) is 0 Å². The summed E-state index contributed by atoms with van der Waals surface area (Å²) >= 11 is 0. The third-order valence-corrected chi connectivity index (χ3v) is 5.07. The summed E-state index contributed by atoms with van der Waals surface area (Å²) in [5, 5.41) is 15.5. The lowest BCUT2D eigenvalue weighted by Crippen LogP contribution is -2.54. The second-order valence-corrected chi connectivity index (χ2v) is 7.08. The van der Waals surface area contributed by atoms with Crippen molar-refractivity contribution >= 4 is 6.03 Å². The van der Waals surface area contributed by atoms with Crippen LogP contribution in [0.2, 0.25) is 0 Å². The zero-order chi connectivity index (χ0) is 15.3. The molecular formula is C16H31N3O2. The molecule has 0 radical (unpaired) electrons. The number of urea groups is 1. The van der Waals surface area contributed by atoms with Crippen molar-refractivity contribution in [3.63, 3.8) is 0 Å². The third-order valence-electron chi connectivity index (χ3n) is 5.07. The van der Waals surface area contributed by atoms with Crippen LogP contribution in [0.3, 0.4) is 0 Å². The number of hydrogen-bond acceptors (Lipinski definition) is 3. The average molecular weight is 297 g/mol. The minimum Gasteiger partial charge on any atom is -0.394 e. The second-order valence-electron chi connectivity index (χ2n) is 7.08. The fourth-order valence-electron chi connectivity index (χ4n) is 3.63. The van der Waals surface area contributed by atoms with Crippen LogP contribution in [0.4, 0.5) is 4.79 Å². The van der Waals surface area contributed by atoms with E-state index in [-0.39, 0.29) is 18.2 Å². The van der Waals surface area contributed by atoms with Gasteiger partial charge in [-0.2, -0.15) is 0 Å².